The summed E-state index contributed by atoms with van der Waals surface area (Å²) in [7, 11) is 0. The molecule has 0 amide bonds. The van der Waals surface area contributed by atoms with E-state index in [1.807, 2.05) is 18.2 Å². The molecule has 0 aliphatic heterocycles. The van der Waals surface area contributed by atoms with Gasteiger partial charge in [0.25, 0.3) is 0 Å². The summed E-state index contributed by atoms with van der Waals surface area (Å²) in [5.41, 5.74) is 4.13. The highest BCUT2D eigenvalue weighted by atomic mass is 35.5. The molecule has 0 aliphatic rings. The third-order valence-electron chi connectivity index (χ3n) is 1.80. The Hall–Kier alpha value is -0.750. The summed E-state index contributed by atoms with van der Waals surface area (Å²) < 4.78 is 0. The predicted molar refractivity (Wildman–Crippen MR) is 55.2 cm³/mol. The molecule has 1 rings (SSSR count). The molecule has 0 unspecified atom stereocenters. The van der Waals surface area contributed by atoms with Crippen molar-refractivity contribution in [3.05, 3.63) is 41.4 Å². The maximum absolute atomic E-state index is 5.72. The molecule has 0 saturated heterocycles. The van der Waals surface area contributed by atoms with E-state index < -0.39 is 0 Å². The van der Waals surface area contributed by atoms with Crippen molar-refractivity contribution in [3.8, 4) is 0 Å². The van der Waals surface area contributed by atoms with Crippen LogP contribution in [-0.2, 0) is 0 Å². The summed E-state index contributed by atoms with van der Waals surface area (Å²) in [5.74, 6) is 0. The van der Waals surface area contributed by atoms with Crippen LogP contribution >= 0.6 is 11.6 Å². The smallest absolute Gasteiger partial charge is 0.00805 e. The average molecular weight is 181 g/mol. The molecule has 12 heavy (non-hydrogen) atoms. The van der Waals surface area contributed by atoms with Crippen molar-refractivity contribution in [2.24, 2.45) is 0 Å². The van der Waals surface area contributed by atoms with Crippen LogP contribution in [0.5, 0.6) is 0 Å². The van der Waals surface area contributed by atoms with E-state index in [1.54, 1.807) is 5.54 Å². The molecule has 0 N–H and O–H groups in total. The van der Waals surface area contributed by atoms with E-state index in [1.165, 1.54) is 11.1 Å². The van der Waals surface area contributed by atoms with Gasteiger partial charge in [-0.15, -0.1) is 0 Å². The van der Waals surface area contributed by atoms with E-state index in [-0.39, 0.29) is 0 Å². The van der Waals surface area contributed by atoms with Crippen molar-refractivity contribution in [1.82, 2.24) is 0 Å². The Bertz CT molecular complexity index is 249. The van der Waals surface area contributed by atoms with E-state index in [0.717, 1.165) is 12.8 Å². The molecule has 1 heteroatoms. The Morgan fingerprint density at radius 1 is 1.33 bits per heavy atom. The minimum Gasteiger partial charge on any atom is -0.0926 e. The van der Waals surface area contributed by atoms with Crippen LogP contribution in [0.4, 0.5) is 0 Å². The molecule has 0 aliphatic carbocycles. The van der Waals surface area contributed by atoms with Gasteiger partial charge in [-0.25, -0.2) is 0 Å². The number of hydrogen-bond donors (Lipinski definition) is 0. The Labute approximate surface area is 78.9 Å². The normalized spacial score (nSPS) is 11.7. The number of benzene rings is 1. The molecule has 0 atom stereocenters. The first-order chi connectivity index (χ1) is 5.88. The van der Waals surface area contributed by atoms with Crippen LogP contribution in [0, 0.1) is 0 Å². The third-order valence-corrected chi connectivity index (χ3v) is 2.06. The maximum atomic E-state index is 5.72. The van der Waals surface area contributed by atoms with Crippen LogP contribution in [0.3, 0.4) is 0 Å². The zero-order valence-electron chi connectivity index (χ0n) is 7.26. The van der Waals surface area contributed by atoms with Crippen LogP contribution in [0.1, 0.15) is 25.3 Å². The summed E-state index contributed by atoms with van der Waals surface area (Å²) in [6.45, 7) is 2.16. The molecule has 1 aromatic carbocycles. The lowest BCUT2D eigenvalue weighted by Crippen LogP contribution is -1.81. The van der Waals surface area contributed by atoms with E-state index in [0.29, 0.717) is 0 Å². The van der Waals surface area contributed by atoms with Crippen LogP contribution in [0.15, 0.2) is 35.9 Å². The second-order valence-electron chi connectivity index (χ2n) is 2.75. The van der Waals surface area contributed by atoms with Gasteiger partial charge in [-0.1, -0.05) is 55.3 Å². The van der Waals surface area contributed by atoms with Crippen LogP contribution < -0.4 is 0 Å². The fourth-order valence-corrected chi connectivity index (χ4v) is 1.42. The van der Waals surface area contributed by atoms with Crippen molar-refractivity contribution in [1.29, 1.82) is 0 Å². The first-order valence-corrected chi connectivity index (χ1v) is 4.66. The highest BCUT2D eigenvalue weighted by Crippen LogP contribution is 2.19. The minimum absolute atomic E-state index is 1.05. The van der Waals surface area contributed by atoms with Gasteiger partial charge in [0.15, 0.2) is 0 Å². The Balaban J connectivity index is 2.82. The van der Waals surface area contributed by atoms with Gasteiger partial charge in [0, 0.05) is 5.54 Å². The first-order valence-electron chi connectivity index (χ1n) is 4.23. The molecule has 0 spiro atoms. The molecule has 64 valence electrons. The fourth-order valence-electron chi connectivity index (χ4n) is 1.18. The third kappa shape index (κ3) is 2.38. The summed E-state index contributed by atoms with van der Waals surface area (Å²) in [4.78, 5) is 0. The fraction of sp³-hybridized carbons (Fsp3) is 0.273. The number of halogens is 1. The molecule has 0 saturated carbocycles. The monoisotopic (exact) mass is 180 g/mol. The summed E-state index contributed by atoms with van der Waals surface area (Å²) >= 11 is 5.72. The molecule has 0 bridgehead atoms. The van der Waals surface area contributed by atoms with Crippen LogP contribution in [0.2, 0.25) is 0 Å². The van der Waals surface area contributed by atoms with Crippen LogP contribution in [0.25, 0.3) is 5.57 Å². The number of rotatable bonds is 3. The van der Waals surface area contributed by atoms with Gasteiger partial charge in [-0.05, 0) is 17.6 Å². The van der Waals surface area contributed by atoms with Crippen molar-refractivity contribution < 1.29 is 0 Å². The molecule has 1 aromatic rings. The van der Waals surface area contributed by atoms with E-state index in [4.69, 9.17) is 11.6 Å². The lowest BCUT2D eigenvalue weighted by molar-refractivity contribution is 0.974. The quantitative estimate of drug-likeness (QED) is 0.658. The molecule has 0 fully saturated rings. The molecular formula is C11H13Cl. The topological polar surface area (TPSA) is 0 Å². The molecule has 0 heterocycles. The molecule has 0 aromatic heterocycles. The van der Waals surface area contributed by atoms with Crippen LogP contribution in [-0.4, -0.2) is 0 Å². The van der Waals surface area contributed by atoms with E-state index in [9.17, 15) is 0 Å². The highest BCUT2D eigenvalue weighted by Gasteiger charge is 1.97. The highest BCUT2D eigenvalue weighted by molar-refractivity contribution is 6.28. The lowest BCUT2D eigenvalue weighted by atomic mass is 10.0. The van der Waals surface area contributed by atoms with Gasteiger partial charge in [-0.2, -0.15) is 0 Å². The average Bonchev–Trinajstić information content (AvgIpc) is 2.15. The SMILES string of the molecule is CCCC(=CCl)c1ccccc1. The van der Waals surface area contributed by atoms with Gasteiger partial charge in [-0.3, -0.25) is 0 Å². The largest absolute Gasteiger partial charge is 0.0926 e. The maximum Gasteiger partial charge on any atom is 0.00805 e. The minimum atomic E-state index is 1.05. The number of allylic oxidation sites excluding steroid dienone is 1. The van der Waals surface area contributed by atoms with Crippen molar-refractivity contribution in [2.45, 2.75) is 19.8 Å². The molecular weight excluding hydrogens is 168 g/mol. The predicted octanol–water partition coefficient (Wildman–Crippen LogP) is 4.07. The number of hydrogen-bond acceptors (Lipinski definition) is 0. The van der Waals surface area contributed by atoms with Gasteiger partial charge in [0.2, 0.25) is 0 Å². The van der Waals surface area contributed by atoms with Gasteiger partial charge in [0.1, 0.15) is 0 Å². The molecule has 0 nitrogen and oxygen atoms in total. The lowest BCUT2D eigenvalue weighted by Gasteiger charge is -2.03. The standard InChI is InChI=1S/C11H13Cl/c1-2-6-11(9-12)10-7-4-3-5-8-10/h3-5,7-9H,2,6H2,1H3. The van der Waals surface area contributed by atoms with Gasteiger partial charge in [0.05, 0.1) is 0 Å². The Kier molecular flexibility index (Phi) is 3.89. The van der Waals surface area contributed by atoms with E-state index >= 15 is 0 Å². The molecule has 0 radical (unpaired) electrons. The first kappa shape index (κ1) is 9.34. The zero-order chi connectivity index (χ0) is 8.81. The van der Waals surface area contributed by atoms with Crippen molar-refractivity contribution in [2.75, 3.05) is 0 Å². The second-order valence-corrected chi connectivity index (χ2v) is 2.97. The summed E-state index contributed by atoms with van der Waals surface area (Å²) in [6, 6.07) is 10.3. The Morgan fingerprint density at radius 3 is 2.50 bits per heavy atom. The van der Waals surface area contributed by atoms with Crippen molar-refractivity contribution in [3.63, 3.8) is 0 Å². The van der Waals surface area contributed by atoms with E-state index in [2.05, 4.69) is 19.1 Å². The summed E-state index contributed by atoms with van der Waals surface area (Å²) in [5, 5.41) is 0. The Morgan fingerprint density at radius 2 is 2.00 bits per heavy atom. The summed E-state index contributed by atoms with van der Waals surface area (Å²) in [6.07, 6.45) is 2.18. The van der Waals surface area contributed by atoms with Crippen molar-refractivity contribution >= 4 is 17.2 Å². The second kappa shape index (κ2) is 5.00. The zero-order valence-corrected chi connectivity index (χ0v) is 8.01. The van der Waals surface area contributed by atoms with Gasteiger partial charge < -0.3 is 0 Å². The van der Waals surface area contributed by atoms with Gasteiger partial charge >= 0.3 is 0 Å².